The quantitative estimate of drug-likeness (QED) is 0.885. The summed E-state index contributed by atoms with van der Waals surface area (Å²) in [5, 5.41) is 6.75. The molecule has 1 fully saturated rings. The van der Waals surface area contributed by atoms with Gasteiger partial charge >= 0.3 is 0 Å². The van der Waals surface area contributed by atoms with Crippen molar-refractivity contribution < 1.29 is 14.1 Å². The maximum atomic E-state index is 12.8. The van der Waals surface area contributed by atoms with Gasteiger partial charge in [0.15, 0.2) is 0 Å². The van der Waals surface area contributed by atoms with E-state index in [-0.39, 0.29) is 11.8 Å². The van der Waals surface area contributed by atoms with Crippen LogP contribution >= 0.6 is 0 Å². The average molecular weight is 279 g/mol. The molecule has 0 spiro atoms. The first kappa shape index (κ1) is 14.6. The molecule has 2 heterocycles. The van der Waals surface area contributed by atoms with Crippen molar-refractivity contribution in [3.05, 3.63) is 18.0 Å². The highest BCUT2D eigenvalue weighted by molar-refractivity contribution is 5.99. The van der Waals surface area contributed by atoms with Crippen LogP contribution in [0.3, 0.4) is 0 Å². The number of carbonyl (C=O) groups excluding carboxylic acids is 2. The lowest BCUT2D eigenvalue weighted by Crippen LogP contribution is -2.69. The minimum absolute atomic E-state index is 0.0306. The molecule has 20 heavy (non-hydrogen) atoms. The van der Waals surface area contributed by atoms with Crippen LogP contribution in [0.1, 0.15) is 45.7 Å². The summed E-state index contributed by atoms with van der Waals surface area (Å²) in [6.45, 7) is 6.05. The van der Waals surface area contributed by atoms with Crippen LogP contribution < -0.4 is 5.32 Å². The highest BCUT2D eigenvalue weighted by Gasteiger charge is 2.48. The molecule has 0 aromatic carbocycles. The summed E-state index contributed by atoms with van der Waals surface area (Å²) >= 11 is 0. The summed E-state index contributed by atoms with van der Waals surface area (Å²) in [5.41, 5.74) is -0.125. The summed E-state index contributed by atoms with van der Waals surface area (Å²) in [6.07, 6.45) is 3.22. The fourth-order valence-corrected chi connectivity index (χ4v) is 2.74. The van der Waals surface area contributed by atoms with E-state index >= 15 is 0 Å². The van der Waals surface area contributed by atoms with Gasteiger partial charge in [-0.2, -0.15) is 0 Å². The zero-order valence-corrected chi connectivity index (χ0v) is 12.2. The van der Waals surface area contributed by atoms with Crippen molar-refractivity contribution in [3.63, 3.8) is 0 Å². The minimum Gasteiger partial charge on any atom is -0.364 e. The van der Waals surface area contributed by atoms with Gasteiger partial charge in [0.2, 0.25) is 11.8 Å². The van der Waals surface area contributed by atoms with Crippen LogP contribution in [-0.2, 0) is 16.1 Å². The van der Waals surface area contributed by atoms with Gasteiger partial charge in [-0.25, -0.2) is 0 Å². The molecule has 1 aromatic rings. The zero-order chi connectivity index (χ0) is 14.8. The lowest BCUT2D eigenvalue weighted by Gasteiger charge is -2.45. The molecule has 1 aliphatic rings. The lowest BCUT2D eigenvalue weighted by molar-refractivity contribution is -0.156. The number of hydrogen-bond acceptors (Lipinski definition) is 4. The Hall–Kier alpha value is -1.85. The van der Waals surface area contributed by atoms with Crippen molar-refractivity contribution in [2.24, 2.45) is 0 Å². The summed E-state index contributed by atoms with van der Waals surface area (Å²) < 4.78 is 4.80. The number of aromatic nitrogens is 1. The highest BCUT2D eigenvalue weighted by Crippen LogP contribution is 2.27. The molecule has 1 unspecified atom stereocenters. The number of rotatable bonds is 5. The van der Waals surface area contributed by atoms with Crippen molar-refractivity contribution in [1.82, 2.24) is 15.4 Å². The van der Waals surface area contributed by atoms with Crippen LogP contribution in [0, 0.1) is 0 Å². The molecule has 110 valence electrons. The average Bonchev–Trinajstić information content (AvgIpc) is 2.96. The number of hydrogen-bond donors (Lipinski definition) is 1. The van der Waals surface area contributed by atoms with Gasteiger partial charge in [-0.3, -0.25) is 9.59 Å². The third-order valence-electron chi connectivity index (χ3n) is 4.13. The molecule has 1 aliphatic heterocycles. The van der Waals surface area contributed by atoms with Crippen molar-refractivity contribution in [2.45, 2.75) is 58.2 Å². The van der Waals surface area contributed by atoms with Crippen LogP contribution in [0.4, 0.5) is 0 Å². The predicted molar refractivity (Wildman–Crippen MR) is 72.6 cm³/mol. The number of carbonyl (C=O) groups is 2. The Labute approximate surface area is 118 Å². The number of nitrogens with zero attached hydrogens (tertiary/aromatic N) is 2. The van der Waals surface area contributed by atoms with E-state index in [4.69, 9.17) is 4.52 Å². The SMILES string of the molecule is CCC1C(=O)NC(CC)(CC)C(=O)N1Cc1ccon1. The van der Waals surface area contributed by atoms with Gasteiger partial charge in [0.25, 0.3) is 0 Å². The van der Waals surface area contributed by atoms with Gasteiger partial charge < -0.3 is 14.7 Å². The lowest BCUT2D eigenvalue weighted by atomic mass is 9.86. The van der Waals surface area contributed by atoms with Gasteiger partial charge in [0.05, 0.1) is 6.54 Å². The van der Waals surface area contributed by atoms with E-state index in [1.165, 1.54) is 6.26 Å². The first-order valence-electron chi connectivity index (χ1n) is 7.10. The van der Waals surface area contributed by atoms with Crippen LogP contribution in [-0.4, -0.2) is 33.5 Å². The minimum atomic E-state index is -0.785. The van der Waals surface area contributed by atoms with Crippen molar-refractivity contribution in [2.75, 3.05) is 0 Å². The van der Waals surface area contributed by atoms with Gasteiger partial charge in [-0.15, -0.1) is 0 Å². The van der Waals surface area contributed by atoms with E-state index in [2.05, 4.69) is 10.5 Å². The maximum absolute atomic E-state index is 12.8. The molecule has 0 aliphatic carbocycles. The number of piperazine rings is 1. The zero-order valence-electron chi connectivity index (χ0n) is 12.2. The largest absolute Gasteiger partial charge is 0.364 e. The van der Waals surface area contributed by atoms with E-state index in [1.54, 1.807) is 11.0 Å². The summed E-state index contributed by atoms with van der Waals surface area (Å²) in [4.78, 5) is 26.7. The van der Waals surface area contributed by atoms with Crippen molar-refractivity contribution >= 4 is 11.8 Å². The van der Waals surface area contributed by atoms with E-state index in [9.17, 15) is 9.59 Å². The molecule has 1 saturated heterocycles. The molecule has 0 saturated carbocycles. The van der Waals surface area contributed by atoms with Crippen LogP contribution in [0.5, 0.6) is 0 Å². The fourth-order valence-electron chi connectivity index (χ4n) is 2.74. The second-order valence-electron chi connectivity index (χ2n) is 5.13. The summed E-state index contributed by atoms with van der Waals surface area (Å²) in [5.74, 6) is -0.115. The van der Waals surface area contributed by atoms with E-state index in [0.717, 1.165) is 0 Å². The Morgan fingerprint density at radius 2 is 2.05 bits per heavy atom. The number of nitrogens with one attached hydrogen (secondary N) is 1. The first-order chi connectivity index (χ1) is 9.57. The Balaban J connectivity index is 2.32. The molecule has 1 N–H and O–H groups in total. The summed E-state index contributed by atoms with van der Waals surface area (Å²) in [7, 11) is 0. The molecule has 1 aromatic heterocycles. The number of amides is 2. The molecule has 0 bridgehead atoms. The molecule has 2 rings (SSSR count). The van der Waals surface area contributed by atoms with E-state index in [0.29, 0.717) is 31.5 Å². The molecular weight excluding hydrogens is 258 g/mol. The third kappa shape index (κ3) is 2.30. The van der Waals surface area contributed by atoms with Gasteiger partial charge in [-0.1, -0.05) is 25.9 Å². The Kier molecular flexibility index (Phi) is 4.11. The Bertz CT molecular complexity index is 480. The Morgan fingerprint density at radius 3 is 2.55 bits per heavy atom. The van der Waals surface area contributed by atoms with Crippen LogP contribution in [0.2, 0.25) is 0 Å². The maximum Gasteiger partial charge on any atom is 0.249 e. The van der Waals surface area contributed by atoms with Crippen LogP contribution in [0.15, 0.2) is 16.9 Å². The molecule has 0 radical (unpaired) electrons. The monoisotopic (exact) mass is 279 g/mol. The van der Waals surface area contributed by atoms with Gasteiger partial charge in [-0.05, 0) is 19.3 Å². The van der Waals surface area contributed by atoms with Crippen molar-refractivity contribution in [1.29, 1.82) is 0 Å². The van der Waals surface area contributed by atoms with Gasteiger partial charge in [0.1, 0.15) is 23.5 Å². The fraction of sp³-hybridized carbons (Fsp3) is 0.643. The third-order valence-corrected chi connectivity index (χ3v) is 4.13. The predicted octanol–water partition coefficient (Wildman–Crippen LogP) is 1.47. The van der Waals surface area contributed by atoms with Gasteiger partial charge in [0, 0.05) is 6.07 Å². The van der Waals surface area contributed by atoms with E-state index < -0.39 is 11.6 Å². The molecule has 6 nitrogen and oxygen atoms in total. The molecule has 6 heteroatoms. The second kappa shape index (κ2) is 5.64. The smallest absolute Gasteiger partial charge is 0.249 e. The van der Waals surface area contributed by atoms with Crippen LogP contribution in [0.25, 0.3) is 0 Å². The molecule has 2 amide bonds. The Morgan fingerprint density at radius 1 is 1.35 bits per heavy atom. The normalized spacial score (nSPS) is 21.9. The second-order valence-corrected chi connectivity index (χ2v) is 5.13. The summed E-state index contributed by atoms with van der Waals surface area (Å²) in [6, 6.07) is 1.27. The molecule has 1 atom stereocenters. The van der Waals surface area contributed by atoms with E-state index in [1.807, 2.05) is 20.8 Å². The van der Waals surface area contributed by atoms with Crippen molar-refractivity contribution in [3.8, 4) is 0 Å². The standard InChI is InChI=1S/C14H21N3O3/c1-4-11-12(18)15-14(5-2,6-3)13(19)17(11)9-10-7-8-20-16-10/h7-8,11H,4-6,9H2,1-3H3,(H,15,18). The first-order valence-corrected chi connectivity index (χ1v) is 7.10. The highest BCUT2D eigenvalue weighted by atomic mass is 16.5. The topological polar surface area (TPSA) is 75.4 Å². The molecular formula is C14H21N3O3.